The molecule has 0 bridgehead atoms. The summed E-state index contributed by atoms with van der Waals surface area (Å²) in [6, 6.07) is 14.2. The van der Waals surface area contributed by atoms with Crippen molar-refractivity contribution < 1.29 is 42.5 Å². The van der Waals surface area contributed by atoms with Crippen LogP contribution in [-0.2, 0) is 10.1 Å². The van der Waals surface area contributed by atoms with Gasteiger partial charge in [0.1, 0.15) is 0 Å². The summed E-state index contributed by atoms with van der Waals surface area (Å²) in [5.41, 5.74) is 1.27. The summed E-state index contributed by atoms with van der Waals surface area (Å²) in [5, 5.41) is 10.9. The third-order valence-corrected chi connectivity index (χ3v) is 4.32. The van der Waals surface area contributed by atoms with Gasteiger partial charge in [0.25, 0.3) is 15.7 Å². The Labute approximate surface area is 171 Å². The van der Waals surface area contributed by atoms with Crippen LogP contribution in [0.4, 0.5) is 11.4 Å². The van der Waals surface area contributed by atoms with Gasteiger partial charge in [0.05, 0.1) is 22.0 Å². The first kappa shape index (κ1) is 20.3. The monoisotopic (exact) mass is 381 g/mol. The second kappa shape index (κ2) is 8.11. The average Bonchev–Trinajstić information content (AvgIpc) is 2.87. The van der Waals surface area contributed by atoms with E-state index in [1.54, 1.807) is 19.1 Å². The van der Waals surface area contributed by atoms with Crippen LogP contribution in [0.5, 0.6) is 0 Å². The quantitative estimate of drug-likeness (QED) is 0.380. The van der Waals surface area contributed by atoms with Crippen molar-refractivity contribution in [3.8, 4) is 5.69 Å². The molecule has 0 amide bonds. The zero-order valence-electron chi connectivity index (χ0n) is 14.1. The summed E-state index contributed by atoms with van der Waals surface area (Å²) in [6.45, 7) is 1.68. The molecule has 0 aliphatic rings. The van der Waals surface area contributed by atoms with E-state index in [9.17, 15) is 13.2 Å². The first-order valence-corrected chi connectivity index (χ1v) is 8.66. The van der Waals surface area contributed by atoms with Gasteiger partial charge < -0.3 is 0 Å². The summed E-state index contributed by atoms with van der Waals surface area (Å²) in [4.78, 5) is 12.3. The second-order valence-electron chi connectivity index (χ2n) is 5.23. The van der Waals surface area contributed by atoms with Crippen molar-refractivity contribution in [3.05, 3.63) is 70.6 Å². The van der Waals surface area contributed by atoms with Crippen LogP contribution in [0, 0.1) is 6.92 Å². The fraction of sp³-hybridized carbons (Fsp3) is 0.0625. The van der Waals surface area contributed by atoms with E-state index in [0.29, 0.717) is 17.1 Å². The van der Waals surface area contributed by atoms with Crippen molar-refractivity contribution >= 4 is 21.5 Å². The number of nitrogens with one attached hydrogen (secondary N) is 1. The van der Waals surface area contributed by atoms with Crippen LogP contribution >= 0.6 is 0 Å². The van der Waals surface area contributed by atoms with Crippen LogP contribution in [-0.4, -0.2) is 22.8 Å². The van der Waals surface area contributed by atoms with Gasteiger partial charge in [-0.3, -0.25) is 14.4 Å². The van der Waals surface area contributed by atoms with Crippen LogP contribution in [0.15, 0.2) is 74.5 Å². The maximum Gasteiger partial charge on any atom is 1.00 e. The zero-order chi connectivity index (χ0) is 18.0. The number of azo groups is 1. The number of aryl methyl sites for hydroxylation is 1. The number of H-pyrrole nitrogens is 1. The van der Waals surface area contributed by atoms with E-state index in [0.717, 1.165) is 0 Å². The summed E-state index contributed by atoms with van der Waals surface area (Å²) >= 11 is 0. The number of rotatable bonds is 4. The first-order chi connectivity index (χ1) is 11.9. The smallest absolute Gasteiger partial charge is 0.293 e. The Bertz CT molecular complexity index is 1090. The van der Waals surface area contributed by atoms with Crippen molar-refractivity contribution in [2.24, 2.45) is 10.2 Å². The minimum atomic E-state index is -4.29. The Morgan fingerprint density at radius 1 is 1.00 bits per heavy atom. The molecule has 10 heteroatoms. The molecule has 2 aromatic carbocycles. The fourth-order valence-electron chi connectivity index (χ4n) is 2.21. The molecule has 3 aromatic rings. The summed E-state index contributed by atoms with van der Waals surface area (Å²) in [6.07, 6.45) is 0. The van der Waals surface area contributed by atoms with Gasteiger partial charge in [0.15, 0.2) is 5.69 Å². The van der Waals surface area contributed by atoms with Crippen LogP contribution < -0.4 is 35.1 Å². The molecule has 0 unspecified atom stereocenters. The van der Waals surface area contributed by atoms with Crippen LogP contribution in [0.2, 0.25) is 0 Å². The Morgan fingerprint density at radius 2 is 1.62 bits per heavy atom. The van der Waals surface area contributed by atoms with Crippen molar-refractivity contribution in [2.45, 2.75) is 11.8 Å². The molecular formula is C16H14N4NaO4S+. The molecule has 1 aromatic heterocycles. The van der Waals surface area contributed by atoms with E-state index in [2.05, 4.69) is 15.3 Å². The van der Waals surface area contributed by atoms with Crippen LogP contribution in [0.3, 0.4) is 0 Å². The Kier molecular flexibility index (Phi) is 6.32. The van der Waals surface area contributed by atoms with Gasteiger partial charge in [-0.1, -0.05) is 18.2 Å². The van der Waals surface area contributed by atoms with E-state index in [4.69, 9.17) is 4.55 Å². The Hall–Kier alpha value is -2.04. The molecule has 26 heavy (non-hydrogen) atoms. The molecular weight excluding hydrogens is 367 g/mol. The van der Waals surface area contributed by atoms with E-state index in [1.165, 1.54) is 28.9 Å². The van der Waals surface area contributed by atoms with Gasteiger partial charge >= 0.3 is 29.6 Å². The molecule has 0 spiro atoms. The maximum absolute atomic E-state index is 12.5. The SMILES string of the molecule is Cc1[nH]n(-c2ccc(S(=O)(=O)O)cc2)c(=O)c1N=Nc1ccccc1.[Na+]. The molecule has 8 nitrogen and oxygen atoms in total. The largest absolute Gasteiger partial charge is 1.00 e. The van der Waals surface area contributed by atoms with E-state index in [1.807, 2.05) is 18.2 Å². The predicted octanol–water partition coefficient (Wildman–Crippen LogP) is 0.140. The molecule has 0 saturated carbocycles. The number of hydrogen-bond donors (Lipinski definition) is 2. The molecule has 3 rings (SSSR count). The topological polar surface area (TPSA) is 117 Å². The number of aromatic amines is 1. The number of benzene rings is 2. The summed E-state index contributed by atoms with van der Waals surface area (Å²) < 4.78 is 32.4. The summed E-state index contributed by atoms with van der Waals surface area (Å²) in [7, 11) is -4.29. The molecule has 0 fully saturated rings. The average molecular weight is 381 g/mol. The molecule has 0 saturated heterocycles. The number of hydrogen-bond acceptors (Lipinski definition) is 5. The molecule has 0 radical (unpaired) electrons. The predicted molar refractivity (Wildman–Crippen MR) is 91.6 cm³/mol. The van der Waals surface area contributed by atoms with Gasteiger partial charge in [0.2, 0.25) is 0 Å². The molecule has 2 N–H and O–H groups in total. The van der Waals surface area contributed by atoms with Gasteiger partial charge in [-0.05, 0) is 43.3 Å². The van der Waals surface area contributed by atoms with Gasteiger partial charge in [0, 0.05) is 0 Å². The standard InChI is InChI=1S/C16H14N4O4S.Na/c1-11-15(18-17-12-5-3-2-4-6-12)16(21)20(19-11)13-7-9-14(10-8-13)25(22,23)24;/h2-10,19H,1H3,(H,22,23,24);/q;+1. The van der Waals surface area contributed by atoms with E-state index < -0.39 is 15.7 Å². The van der Waals surface area contributed by atoms with Crippen LogP contribution in [0.25, 0.3) is 5.69 Å². The third-order valence-electron chi connectivity index (χ3n) is 3.45. The van der Waals surface area contributed by atoms with Crippen molar-refractivity contribution in [1.82, 2.24) is 9.78 Å². The molecule has 0 atom stereocenters. The van der Waals surface area contributed by atoms with Crippen molar-refractivity contribution in [1.29, 1.82) is 0 Å². The Balaban J connectivity index is 0.00000243. The maximum atomic E-state index is 12.5. The van der Waals surface area contributed by atoms with Gasteiger partial charge in [-0.2, -0.15) is 13.5 Å². The normalized spacial score (nSPS) is 11.5. The second-order valence-corrected chi connectivity index (χ2v) is 6.65. The fourth-order valence-corrected chi connectivity index (χ4v) is 2.69. The van der Waals surface area contributed by atoms with Crippen molar-refractivity contribution in [2.75, 3.05) is 0 Å². The molecule has 0 aliphatic carbocycles. The van der Waals surface area contributed by atoms with Gasteiger partial charge in [-0.25, -0.2) is 4.68 Å². The van der Waals surface area contributed by atoms with Crippen LogP contribution in [0.1, 0.15) is 5.69 Å². The minimum absolute atomic E-state index is 0. The minimum Gasteiger partial charge on any atom is -0.293 e. The number of aromatic nitrogens is 2. The van der Waals surface area contributed by atoms with E-state index in [-0.39, 0.29) is 40.1 Å². The van der Waals surface area contributed by atoms with E-state index >= 15 is 0 Å². The Morgan fingerprint density at radius 3 is 2.19 bits per heavy atom. The third kappa shape index (κ3) is 4.37. The summed E-state index contributed by atoms with van der Waals surface area (Å²) in [5.74, 6) is 0. The molecule has 1 heterocycles. The molecule has 128 valence electrons. The zero-order valence-corrected chi connectivity index (χ0v) is 16.9. The number of nitrogens with zero attached hydrogens (tertiary/aromatic N) is 3. The van der Waals surface area contributed by atoms with Crippen molar-refractivity contribution in [3.63, 3.8) is 0 Å². The molecule has 0 aliphatic heterocycles. The first-order valence-electron chi connectivity index (χ1n) is 7.22. The van der Waals surface area contributed by atoms with Gasteiger partial charge in [-0.15, -0.1) is 5.11 Å².